The van der Waals surface area contributed by atoms with Gasteiger partial charge in [0.1, 0.15) is 12.3 Å². The van der Waals surface area contributed by atoms with Gasteiger partial charge in [-0.25, -0.2) is 4.79 Å². The largest absolute Gasteiger partial charge is 1.00 e. The number of benzene rings is 1. The van der Waals surface area contributed by atoms with Gasteiger partial charge in [0.2, 0.25) is 0 Å². The van der Waals surface area contributed by atoms with E-state index in [1.165, 1.54) is 62.8 Å². The van der Waals surface area contributed by atoms with Crippen molar-refractivity contribution in [3.05, 3.63) is 29.8 Å². The fourth-order valence-corrected chi connectivity index (χ4v) is 3.65. The van der Waals surface area contributed by atoms with Crippen LogP contribution in [-0.2, 0) is 6.54 Å². The van der Waals surface area contributed by atoms with Gasteiger partial charge in [-0.2, -0.15) is 0 Å². The maximum Gasteiger partial charge on any atom is 0.414 e. The summed E-state index contributed by atoms with van der Waals surface area (Å²) < 4.78 is 7.53. The molecule has 0 bridgehead atoms. The number of ether oxygens (including phenoxy) is 1. The van der Waals surface area contributed by atoms with Crippen LogP contribution in [0.5, 0.6) is 5.75 Å². The lowest BCUT2D eigenvalue weighted by atomic mass is 10.1. The van der Waals surface area contributed by atoms with E-state index < -0.39 is 0 Å². The molecule has 1 aromatic rings. The lowest BCUT2D eigenvalue weighted by Crippen LogP contribution is -3.00. The van der Waals surface area contributed by atoms with Crippen molar-refractivity contribution in [2.75, 3.05) is 62.4 Å². The molecule has 0 aliphatic carbocycles. The number of hydrogen-bond donors (Lipinski definition) is 0. The van der Waals surface area contributed by atoms with E-state index in [9.17, 15) is 4.79 Å². The van der Waals surface area contributed by atoms with Gasteiger partial charge in [0.25, 0.3) is 0 Å². The third kappa shape index (κ3) is 16.1. The molecule has 1 amide bonds. The third-order valence-corrected chi connectivity index (χ3v) is 5.48. The minimum atomic E-state index is -0.328. The molecule has 0 unspecified atom stereocenters. The molecule has 0 fully saturated rings. The molecule has 188 valence electrons. The first-order valence-electron chi connectivity index (χ1n) is 11.6. The molecule has 0 atom stereocenters. The van der Waals surface area contributed by atoms with Crippen LogP contribution in [0.4, 0.5) is 4.79 Å². The molecule has 0 saturated carbocycles. The van der Waals surface area contributed by atoms with Crippen LogP contribution >= 0.6 is 0 Å². The number of carbonyl (C=O) groups is 1. The normalized spacial score (nSPS) is 11.3. The molecule has 0 N–H and O–H groups in total. The van der Waals surface area contributed by atoms with Gasteiger partial charge >= 0.3 is 6.09 Å². The summed E-state index contributed by atoms with van der Waals surface area (Å²) in [4.78, 5) is 13.4. The Morgan fingerprint density at radius 1 is 0.781 bits per heavy atom. The molecule has 0 spiro atoms. The monoisotopic (exact) mass is 579 g/mol. The molecule has 7 heteroatoms. The molecule has 0 aromatic heterocycles. The Morgan fingerprint density at radius 3 is 1.75 bits per heavy atom. The van der Waals surface area contributed by atoms with Crippen LogP contribution in [0, 0.1) is 0 Å². The average molecular weight is 581 g/mol. The number of rotatable bonds is 14. The number of unbranched alkanes of at least 4 members (excludes halogenated alkanes) is 7. The predicted molar refractivity (Wildman–Crippen MR) is 127 cm³/mol. The number of para-hydroxylation sites is 1. The minimum absolute atomic E-state index is 0. The van der Waals surface area contributed by atoms with Gasteiger partial charge in [-0.15, -0.1) is 0 Å². The number of nitrogens with zero attached hydrogens (tertiary/aromatic N) is 3. The van der Waals surface area contributed by atoms with Crippen molar-refractivity contribution in [2.24, 2.45) is 0 Å². The zero-order valence-corrected chi connectivity index (χ0v) is 24.7. The summed E-state index contributed by atoms with van der Waals surface area (Å²) in [7, 11) is 14.8. The molecule has 1 rings (SSSR count). The topological polar surface area (TPSA) is 29.5 Å². The van der Waals surface area contributed by atoms with Crippen LogP contribution in [-0.4, -0.2) is 82.4 Å². The van der Waals surface area contributed by atoms with Gasteiger partial charge in [-0.05, 0) is 37.8 Å². The Morgan fingerprint density at radius 2 is 1.25 bits per heavy atom. The Kier molecular flexibility index (Phi) is 17.7. The third-order valence-electron chi connectivity index (χ3n) is 5.48. The summed E-state index contributed by atoms with van der Waals surface area (Å²) in [6.45, 7) is 3.28. The summed E-state index contributed by atoms with van der Waals surface area (Å²) >= 11 is 0. The summed E-state index contributed by atoms with van der Waals surface area (Å²) in [6, 6.07) is 7.89. The van der Waals surface area contributed by atoms with Gasteiger partial charge in [0.15, 0.2) is 0 Å². The number of hydrogen-bond acceptors (Lipinski definition) is 2. The summed E-state index contributed by atoms with van der Waals surface area (Å²) in [5.41, 5.74) is 1.09. The quantitative estimate of drug-likeness (QED) is 0.212. The van der Waals surface area contributed by atoms with Gasteiger partial charge in [0, 0.05) is 19.7 Å². The second-order valence-corrected chi connectivity index (χ2v) is 10.5. The fourth-order valence-electron chi connectivity index (χ4n) is 3.65. The van der Waals surface area contributed by atoms with E-state index in [2.05, 4.69) is 41.3 Å². The smallest absolute Gasteiger partial charge is 0.414 e. The highest BCUT2D eigenvalue weighted by molar-refractivity contribution is 5.70. The van der Waals surface area contributed by atoms with E-state index in [1.807, 2.05) is 18.2 Å². The van der Waals surface area contributed by atoms with E-state index in [0.29, 0.717) is 5.75 Å². The van der Waals surface area contributed by atoms with Crippen molar-refractivity contribution in [1.29, 1.82) is 0 Å². The second kappa shape index (κ2) is 16.9. The summed E-state index contributed by atoms with van der Waals surface area (Å²) in [5.74, 6) is 0.674. The molecule has 0 radical (unpaired) electrons. The maximum atomic E-state index is 11.9. The van der Waals surface area contributed by atoms with Crippen LogP contribution in [0.15, 0.2) is 24.3 Å². The van der Waals surface area contributed by atoms with Crippen molar-refractivity contribution in [2.45, 2.75) is 57.9 Å². The van der Waals surface area contributed by atoms with E-state index in [4.69, 9.17) is 4.74 Å². The van der Waals surface area contributed by atoms with Gasteiger partial charge in [-0.1, -0.05) is 37.8 Å². The van der Waals surface area contributed by atoms with Gasteiger partial charge < -0.3 is 52.6 Å². The lowest BCUT2D eigenvalue weighted by Gasteiger charge is -2.30. The van der Waals surface area contributed by atoms with Crippen molar-refractivity contribution >= 4 is 6.09 Å². The Balaban J connectivity index is 0. The van der Waals surface area contributed by atoms with Crippen LogP contribution in [0.1, 0.15) is 56.9 Å². The molecule has 5 nitrogen and oxygen atoms in total. The zero-order valence-electron chi connectivity index (χ0n) is 21.5. The van der Waals surface area contributed by atoms with Gasteiger partial charge in [0.05, 0.1) is 48.3 Å². The lowest BCUT2D eigenvalue weighted by molar-refractivity contribution is -0.903. The number of quaternary nitrogens is 2. The standard InChI is InChI=1S/C25H47N3O2.2BrH/c1-26(2)25(29)30-24-19-15-14-18-23(24)22-28(6,7)21-17-13-11-9-8-10-12-16-20-27(3,4)5;;/h14-15,18-19H,8-13,16-17,20-22H2,1-7H3;2*1H/q+2;;/p-2. The molecule has 0 heterocycles. The van der Waals surface area contributed by atoms with E-state index in [0.717, 1.165) is 27.6 Å². The fraction of sp³-hybridized carbons (Fsp3) is 0.720. The molecule has 0 aliphatic heterocycles. The Hall–Kier alpha value is -0.630. The van der Waals surface area contributed by atoms with Crippen molar-refractivity contribution < 1.29 is 52.5 Å². The first-order valence-corrected chi connectivity index (χ1v) is 11.6. The highest BCUT2D eigenvalue weighted by atomic mass is 79.9. The molecule has 0 aliphatic rings. The molecule has 32 heavy (non-hydrogen) atoms. The predicted octanol–water partition coefficient (Wildman–Crippen LogP) is -0.842. The first kappa shape index (κ1) is 33.5. The second-order valence-electron chi connectivity index (χ2n) is 10.5. The minimum Gasteiger partial charge on any atom is -1.00 e. The van der Waals surface area contributed by atoms with Gasteiger partial charge in [-0.3, -0.25) is 0 Å². The van der Waals surface area contributed by atoms with E-state index in [1.54, 1.807) is 14.1 Å². The number of amides is 1. The van der Waals surface area contributed by atoms with Crippen LogP contribution < -0.4 is 38.7 Å². The zero-order chi connectivity index (χ0) is 22.6. The van der Waals surface area contributed by atoms with Crippen molar-refractivity contribution in [1.82, 2.24) is 4.90 Å². The van der Waals surface area contributed by atoms with Crippen molar-refractivity contribution in [3.8, 4) is 5.75 Å². The maximum absolute atomic E-state index is 11.9. The molecular formula is C25H47Br2N3O2. The first-order chi connectivity index (χ1) is 14.0. The SMILES string of the molecule is CN(C)C(=O)Oc1ccccc1C[N+](C)(C)CCCCCCCCCC[N+](C)(C)C.[Br-].[Br-]. The summed E-state index contributed by atoms with van der Waals surface area (Å²) in [5, 5.41) is 0. The number of halogens is 2. The molecule has 0 saturated heterocycles. The molecule has 1 aromatic carbocycles. The van der Waals surface area contributed by atoms with E-state index in [-0.39, 0.29) is 40.1 Å². The molecular weight excluding hydrogens is 534 g/mol. The Bertz CT molecular complexity index is 632. The van der Waals surface area contributed by atoms with Crippen molar-refractivity contribution in [3.63, 3.8) is 0 Å². The van der Waals surface area contributed by atoms with Crippen LogP contribution in [0.3, 0.4) is 0 Å². The van der Waals surface area contributed by atoms with Crippen LogP contribution in [0.2, 0.25) is 0 Å². The number of carbonyl (C=O) groups excluding carboxylic acids is 1. The Labute approximate surface area is 218 Å². The highest BCUT2D eigenvalue weighted by Gasteiger charge is 2.19. The van der Waals surface area contributed by atoms with E-state index >= 15 is 0 Å². The summed E-state index contributed by atoms with van der Waals surface area (Å²) in [6.07, 6.45) is 10.4. The average Bonchev–Trinajstić information content (AvgIpc) is 2.63. The van der Waals surface area contributed by atoms with Crippen LogP contribution in [0.25, 0.3) is 0 Å². The highest BCUT2D eigenvalue weighted by Crippen LogP contribution is 2.23.